The number of aromatic nitrogens is 1. The molecule has 1 heterocycles. The van der Waals surface area contributed by atoms with Crippen LogP contribution in [0, 0.1) is 17.2 Å². The molecule has 1 rings (SSSR count). The summed E-state index contributed by atoms with van der Waals surface area (Å²) in [4.78, 5) is 6.48. The average molecular weight is 339 g/mol. The highest BCUT2D eigenvalue weighted by Crippen LogP contribution is 2.11. The van der Waals surface area contributed by atoms with Crippen LogP contribution in [-0.2, 0) is 16.8 Å². The highest BCUT2D eigenvalue weighted by Gasteiger charge is 2.19. The Morgan fingerprint density at radius 3 is 2.48 bits per heavy atom. The SMILES string of the molecule is CCN(CC)c1ccc(CNS(=O)(=O)N(C)C[C@@H](C)C#N)cn1. The Balaban J connectivity index is 2.65. The van der Waals surface area contributed by atoms with Gasteiger partial charge in [-0.25, -0.2) is 4.98 Å². The molecular formula is C15H25N5O2S. The van der Waals surface area contributed by atoms with Crippen LogP contribution in [0.25, 0.3) is 0 Å². The van der Waals surface area contributed by atoms with Gasteiger partial charge in [-0.1, -0.05) is 6.07 Å². The molecule has 23 heavy (non-hydrogen) atoms. The van der Waals surface area contributed by atoms with E-state index in [1.807, 2.05) is 18.2 Å². The van der Waals surface area contributed by atoms with Crippen molar-refractivity contribution in [2.45, 2.75) is 27.3 Å². The summed E-state index contributed by atoms with van der Waals surface area (Å²) in [5.74, 6) is 0.521. The molecule has 1 atom stereocenters. The molecule has 0 saturated carbocycles. The van der Waals surface area contributed by atoms with Crippen molar-refractivity contribution in [3.8, 4) is 6.07 Å². The van der Waals surface area contributed by atoms with Gasteiger partial charge in [-0.2, -0.15) is 22.7 Å². The lowest BCUT2D eigenvalue weighted by Crippen LogP contribution is -2.39. The Hall–Kier alpha value is -1.69. The van der Waals surface area contributed by atoms with E-state index in [1.165, 1.54) is 7.05 Å². The van der Waals surface area contributed by atoms with E-state index in [0.717, 1.165) is 28.8 Å². The molecule has 0 fully saturated rings. The molecule has 1 N–H and O–H groups in total. The van der Waals surface area contributed by atoms with Gasteiger partial charge in [-0.3, -0.25) is 0 Å². The lowest BCUT2D eigenvalue weighted by molar-refractivity contribution is 0.430. The minimum absolute atomic E-state index is 0.158. The second-order valence-corrected chi connectivity index (χ2v) is 7.20. The van der Waals surface area contributed by atoms with Crippen LogP contribution < -0.4 is 9.62 Å². The van der Waals surface area contributed by atoms with Gasteiger partial charge in [0, 0.05) is 39.4 Å². The molecule has 0 unspecified atom stereocenters. The molecule has 128 valence electrons. The van der Waals surface area contributed by atoms with Crippen LogP contribution in [0.3, 0.4) is 0 Å². The highest BCUT2D eigenvalue weighted by molar-refractivity contribution is 7.87. The number of nitrogens with zero attached hydrogens (tertiary/aromatic N) is 4. The normalized spacial score (nSPS) is 12.9. The fraction of sp³-hybridized carbons (Fsp3) is 0.600. The molecule has 0 aromatic carbocycles. The smallest absolute Gasteiger partial charge is 0.279 e. The minimum atomic E-state index is -3.61. The van der Waals surface area contributed by atoms with E-state index < -0.39 is 10.2 Å². The Morgan fingerprint density at radius 2 is 2.00 bits per heavy atom. The quantitative estimate of drug-likeness (QED) is 0.733. The van der Waals surface area contributed by atoms with E-state index in [-0.39, 0.29) is 19.0 Å². The largest absolute Gasteiger partial charge is 0.357 e. The van der Waals surface area contributed by atoms with Crippen LogP contribution in [0.15, 0.2) is 18.3 Å². The van der Waals surface area contributed by atoms with Crippen molar-refractivity contribution in [1.82, 2.24) is 14.0 Å². The zero-order valence-electron chi connectivity index (χ0n) is 14.2. The van der Waals surface area contributed by atoms with E-state index in [0.29, 0.717) is 0 Å². The van der Waals surface area contributed by atoms with Crippen molar-refractivity contribution in [1.29, 1.82) is 5.26 Å². The van der Waals surface area contributed by atoms with Crippen LogP contribution >= 0.6 is 0 Å². The van der Waals surface area contributed by atoms with Crippen molar-refractivity contribution in [3.05, 3.63) is 23.9 Å². The molecule has 0 aliphatic carbocycles. The Morgan fingerprint density at radius 1 is 1.35 bits per heavy atom. The van der Waals surface area contributed by atoms with Crippen molar-refractivity contribution in [2.75, 3.05) is 31.6 Å². The van der Waals surface area contributed by atoms with Gasteiger partial charge in [0.2, 0.25) is 0 Å². The predicted molar refractivity (Wildman–Crippen MR) is 91.0 cm³/mol. The summed E-state index contributed by atoms with van der Waals surface area (Å²) >= 11 is 0. The van der Waals surface area contributed by atoms with Crippen molar-refractivity contribution >= 4 is 16.0 Å². The summed E-state index contributed by atoms with van der Waals surface area (Å²) in [5, 5.41) is 8.76. The molecule has 0 saturated heterocycles. The van der Waals surface area contributed by atoms with E-state index >= 15 is 0 Å². The Bertz CT molecular complexity index is 620. The van der Waals surface area contributed by atoms with E-state index in [1.54, 1.807) is 13.1 Å². The second-order valence-electron chi connectivity index (χ2n) is 5.33. The summed E-state index contributed by atoms with van der Waals surface area (Å²) in [5.41, 5.74) is 0.784. The molecule has 7 nitrogen and oxygen atoms in total. The topological polar surface area (TPSA) is 89.3 Å². The first-order chi connectivity index (χ1) is 10.8. The zero-order valence-corrected chi connectivity index (χ0v) is 15.0. The van der Waals surface area contributed by atoms with E-state index in [9.17, 15) is 8.42 Å². The fourth-order valence-electron chi connectivity index (χ4n) is 2.07. The first-order valence-electron chi connectivity index (χ1n) is 7.64. The maximum Gasteiger partial charge on any atom is 0.279 e. The van der Waals surface area contributed by atoms with Crippen LogP contribution in [0.4, 0.5) is 5.82 Å². The third kappa shape index (κ3) is 5.78. The number of nitriles is 1. The molecule has 8 heteroatoms. The second kappa shape index (κ2) is 8.82. The van der Waals surface area contributed by atoms with Gasteiger partial charge in [-0.05, 0) is 32.4 Å². The van der Waals surface area contributed by atoms with Gasteiger partial charge in [-0.15, -0.1) is 0 Å². The Kier molecular flexibility index (Phi) is 7.42. The number of hydrogen-bond acceptors (Lipinski definition) is 5. The lowest BCUT2D eigenvalue weighted by atomic mass is 10.2. The standard InChI is InChI=1S/C15H25N5O2S/c1-5-20(6-2)15-8-7-14(10-17-15)11-18-23(21,22)19(4)12-13(3)9-16/h7-8,10,13,18H,5-6,11-12H2,1-4H3/t13-/m0/s1. The summed E-state index contributed by atoms with van der Waals surface area (Å²) < 4.78 is 27.9. The number of hydrogen-bond donors (Lipinski definition) is 1. The van der Waals surface area contributed by atoms with Crippen LogP contribution in [0.1, 0.15) is 26.3 Å². The minimum Gasteiger partial charge on any atom is -0.357 e. The first-order valence-corrected chi connectivity index (χ1v) is 9.08. The third-order valence-corrected chi connectivity index (χ3v) is 5.00. The van der Waals surface area contributed by atoms with Crippen molar-refractivity contribution in [2.24, 2.45) is 5.92 Å². The zero-order chi connectivity index (χ0) is 17.5. The molecule has 0 aliphatic heterocycles. The third-order valence-electron chi connectivity index (χ3n) is 3.52. The molecule has 0 amide bonds. The molecule has 0 aliphatic rings. The van der Waals surface area contributed by atoms with Gasteiger partial charge >= 0.3 is 0 Å². The Labute approximate surface area is 139 Å². The van der Waals surface area contributed by atoms with Crippen LogP contribution in [0.5, 0.6) is 0 Å². The number of pyridine rings is 1. The molecule has 0 spiro atoms. The highest BCUT2D eigenvalue weighted by atomic mass is 32.2. The molecule has 1 aromatic rings. The lowest BCUT2D eigenvalue weighted by Gasteiger charge is -2.20. The average Bonchev–Trinajstić information content (AvgIpc) is 2.55. The maximum atomic E-state index is 12.1. The number of rotatable bonds is 9. The van der Waals surface area contributed by atoms with Crippen LogP contribution in [0.2, 0.25) is 0 Å². The summed E-state index contributed by atoms with van der Waals surface area (Å²) in [7, 11) is -2.15. The van der Waals surface area contributed by atoms with E-state index in [4.69, 9.17) is 5.26 Å². The number of anilines is 1. The van der Waals surface area contributed by atoms with Gasteiger partial charge in [0.25, 0.3) is 10.2 Å². The molecule has 0 radical (unpaired) electrons. The molecular weight excluding hydrogens is 314 g/mol. The van der Waals surface area contributed by atoms with Crippen LogP contribution in [-0.4, -0.2) is 44.4 Å². The molecule has 1 aromatic heterocycles. The van der Waals surface area contributed by atoms with Gasteiger partial charge in [0.05, 0.1) is 12.0 Å². The summed E-state index contributed by atoms with van der Waals surface area (Å²) in [6.07, 6.45) is 1.67. The number of nitrogens with one attached hydrogen (secondary N) is 1. The van der Waals surface area contributed by atoms with Gasteiger partial charge in [0.1, 0.15) is 5.82 Å². The van der Waals surface area contributed by atoms with Gasteiger partial charge < -0.3 is 4.90 Å². The fourth-order valence-corrected chi connectivity index (χ4v) is 3.05. The van der Waals surface area contributed by atoms with Crippen molar-refractivity contribution < 1.29 is 8.42 Å². The first kappa shape index (κ1) is 19.4. The van der Waals surface area contributed by atoms with Crippen molar-refractivity contribution in [3.63, 3.8) is 0 Å². The van der Waals surface area contributed by atoms with Gasteiger partial charge in [0.15, 0.2) is 0 Å². The predicted octanol–water partition coefficient (Wildman–Crippen LogP) is 1.35. The van der Waals surface area contributed by atoms with E-state index in [2.05, 4.69) is 28.5 Å². The maximum absolute atomic E-state index is 12.1. The molecule has 0 bridgehead atoms. The summed E-state index contributed by atoms with van der Waals surface area (Å²) in [6.45, 7) is 7.87. The summed E-state index contributed by atoms with van der Waals surface area (Å²) in [6, 6.07) is 5.77. The monoisotopic (exact) mass is 339 g/mol.